The molecule has 28 heavy (non-hydrogen) atoms. The van der Waals surface area contributed by atoms with E-state index in [2.05, 4.69) is 11.0 Å². The molecule has 0 N–H and O–H groups in total. The zero-order valence-electron chi connectivity index (χ0n) is 16.2. The average molecular weight is 395 g/mol. The molecule has 0 unspecified atom stereocenters. The van der Waals surface area contributed by atoms with Crippen molar-refractivity contribution in [3.05, 3.63) is 75.4 Å². The zero-order chi connectivity index (χ0) is 19.8. The number of rotatable bonds is 4. The SMILES string of the molecule is Cc1ccc(C2=C(N3CCCC3)C(=O)N(Cc3ccccc3Cl)C2=O)c(C)c1. The van der Waals surface area contributed by atoms with Gasteiger partial charge in [-0.15, -0.1) is 0 Å². The standard InChI is InChI=1S/C23H23ClN2O2/c1-15-9-10-18(16(2)13-15)20-21(25-11-5-6-12-25)23(28)26(22(20)27)14-17-7-3-4-8-19(17)24/h3-4,7-10,13H,5-6,11-12,14H2,1-2H3. The third kappa shape index (κ3) is 3.22. The number of hydrogen-bond acceptors (Lipinski definition) is 3. The van der Waals surface area contributed by atoms with E-state index in [0.29, 0.717) is 16.3 Å². The summed E-state index contributed by atoms with van der Waals surface area (Å²) >= 11 is 6.28. The van der Waals surface area contributed by atoms with Gasteiger partial charge in [0, 0.05) is 18.1 Å². The van der Waals surface area contributed by atoms with Crippen LogP contribution >= 0.6 is 11.6 Å². The second kappa shape index (κ2) is 7.44. The highest BCUT2D eigenvalue weighted by Crippen LogP contribution is 2.36. The summed E-state index contributed by atoms with van der Waals surface area (Å²) in [6.45, 7) is 5.82. The molecule has 0 aliphatic carbocycles. The van der Waals surface area contributed by atoms with Gasteiger partial charge in [0.05, 0.1) is 12.1 Å². The largest absolute Gasteiger partial charge is 0.366 e. The summed E-state index contributed by atoms with van der Waals surface area (Å²) in [6.07, 6.45) is 2.07. The van der Waals surface area contributed by atoms with E-state index in [1.54, 1.807) is 6.07 Å². The Balaban J connectivity index is 1.78. The number of aryl methyl sites for hydroxylation is 2. The van der Waals surface area contributed by atoms with Crippen LogP contribution in [-0.4, -0.2) is 34.7 Å². The summed E-state index contributed by atoms with van der Waals surface area (Å²) in [5, 5.41) is 0.561. The Labute approximate surface area is 170 Å². The molecule has 0 bridgehead atoms. The van der Waals surface area contributed by atoms with Crippen LogP contribution < -0.4 is 0 Å². The Morgan fingerprint density at radius 2 is 1.68 bits per heavy atom. The first-order chi connectivity index (χ1) is 13.5. The topological polar surface area (TPSA) is 40.6 Å². The Bertz CT molecular complexity index is 990. The maximum absolute atomic E-state index is 13.4. The van der Waals surface area contributed by atoms with Gasteiger partial charge < -0.3 is 4.90 Å². The van der Waals surface area contributed by atoms with Crippen LogP contribution in [0.15, 0.2) is 48.2 Å². The third-order valence-corrected chi connectivity index (χ3v) is 5.87. The minimum atomic E-state index is -0.237. The summed E-state index contributed by atoms with van der Waals surface area (Å²) in [4.78, 5) is 30.2. The first-order valence-corrected chi connectivity index (χ1v) is 10.0. The van der Waals surface area contributed by atoms with Crippen molar-refractivity contribution >= 4 is 29.0 Å². The lowest BCUT2D eigenvalue weighted by atomic mass is 9.97. The number of likely N-dealkylation sites (tertiary alicyclic amines) is 1. The van der Waals surface area contributed by atoms with Gasteiger partial charge in [-0.3, -0.25) is 14.5 Å². The summed E-state index contributed by atoms with van der Waals surface area (Å²) in [7, 11) is 0. The molecule has 2 aliphatic rings. The van der Waals surface area contributed by atoms with E-state index in [9.17, 15) is 9.59 Å². The molecule has 0 atom stereocenters. The van der Waals surface area contributed by atoms with E-state index in [1.165, 1.54) is 4.90 Å². The predicted octanol–water partition coefficient (Wildman–Crippen LogP) is 4.33. The summed E-state index contributed by atoms with van der Waals surface area (Å²) in [6, 6.07) is 13.3. The van der Waals surface area contributed by atoms with Crippen molar-refractivity contribution in [2.45, 2.75) is 33.2 Å². The van der Waals surface area contributed by atoms with Gasteiger partial charge in [-0.2, -0.15) is 0 Å². The van der Waals surface area contributed by atoms with Gasteiger partial charge in [0.25, 0.3) is 11.8 Å². The molecule has 2 aliphatic heterocycles. The molecule has 2 amide bonds. The molecule has 4 nitrogen and oxygen atoms in total. The Morgan fingerprint density at radius 3 is 2.36 bits per heavy atom. The van der Waals surface area contributed by atoms with Crippen LogP contribution in [0.3, 0.4) is 0 Å². The minimum Gasteiger partial charge on any atom is -0.366 e. The van der Waals surface area contributed by atoms with Gasteiger partial charge in [-0.05, 0) is 49.4 Å². The molecule has 1 saturated heterocycles. The summed E-state index contributed by atoms with van der Waals surface area (Å²) in [5.41, 5.74) is 4.82. The highest BCUT2D eigenvalue weighted by atomic mass is 35.5. The number of amides is 2. The molecule has 2 aromatic rings. The second-order valence-corrected chi connectivity index (χ2v) is 7.93. The molecule has 0 radical (unpaired) electrons. The number of benzene rings is 2. The molecule has 144 valence electrons. The van der Waals surface area contributed by atoms with Crippen molar-refractivity contribution in [1.29, 1.82) is 0 Å². The molecule has 1 fully saturated rings. The van der Waals surface area contributed by atoms with Crippen molar-refractivity contribution < 1.29 is 9.59 Å². The predicted molar refractivity (Wildman–Crippen MR) is 111 cm³/mol. The quantitative estimate of drug-likeness (QED) is 0.724. The normalized spacial score (nSPS) is 17.2. The van der Waals surface area contributed by atoms with Crippen molar-refractivity contribution in [2.24, 2.45) is 0 Å². The smallest absolute Gasteiger partial charge is 0.278 e. The molecule has 2 aromatic carbocycles. The van der Waals surface area contributed by atoms with Gasteiger partial charge in [-0.25, -0.2) is 0 Å². The molecule has 5 heteroatoms. The number of nitrogens with zero attached hydrogens (tertiary/aromatic N) is 2. The molecule has 0 aromatic heterocycles. The highest BCUT2D eigenvalue weighted by Gasteiger charge is 2.42. The maximum Gasteiger partial charge on any atom is 0.278 e. The number of imide groups is 1. The third-order valence-electron chi connectivity index (χ3n) is 5.50. The number of hydrogen-bond donors (Lipinski definition) is 0. The minimum absolute atomic E-state index is 0.184. The molecule has 2 heterocycles. The van der Waals surface area contributed by atoms with E-state index in [0.717, 1.165) is 48.2 Å². The van der Waals surface area contributed by atoms with E-state index in [-0.39, 0.29) is 18.4 Å². The fourth-order valence-electron chi connectivity index (χ4n) is 4.07. The van der Waals surface area contributed by atoms with E-state index >= 15 is 0 Å². The van der Waals surface area contributed by atoms with Gasteiger partial charge in [0.15, 0.2) is 0 Å². The number of halogens is 1. The fraction of sp³-hybridized carbons (Fsp3) is 0.304. The molecule has 4 rings (SSSR count). The lowest BCUT2D eigenvalue weighted by Gasteiger charge is -2.20. The van der Waals surface area contributed by atoms with Crippen LogP contribution in [0.5, 0.6) is 0 Å². The van der Waals surface area contributed by atoms with Crippen LogP contribution in [0.4, 0.5) is 0 Å². The lowest BCUT2D eigenvalue weighted by Crippen LogP contribution is -2.34. The second-order valence-electron chi connectivity index (χ2n) is 7.52. The monoisotopic (exact) mass is 394 g/mol. The van der Waals surface area contributed by atoms with Gasteiger partial charge in [0.1, 0.15) is 5.70 Å². The van der Waals surface area contributed by atoms with Crippen molar-refractivity contribution in [3.63, 3.8) is 0 Å². The first-order valence-electron chi connectivity index (χ1n) is 9.64. The van der Waals surface area contributed by atoms with Crippen LogP contribution in [-0.2, 0) is 16.1 Å². The summed E-state index contributed by atoms with van der Waals surface area (Å²) in [5.74, 6) is -0.458. The van der Waals surface area contributed by atoms with Crippen LogP contribution in [0.1, 0.15) is 35.1 Å². The average Bonchev–Trinajstić information content (AvgIpc) is 3.26. The zero-order valence-corrected chi connectivity index (χ0v) is 16.9. The first kappa shape index (κ1) is 18.8. The van der Waals surface area contributed by atoms with Gasteiger partial charge >= 0.3 is 0 Å². The fourth-order valence-corrected chi connectivity index (χ4v) is 4.27. The molecular weight excluding hydrogens is 372 g/mol. The molecular formula is C23H23ClN2O2. The maximum atomic E-state index is 13.4. The van der Waals surface area contributed by atoms with Crippen molar-refractivity contribution in [1.82, 2.24) is 9.80 Å². The van der Waals surface area contributed by atoms with E-state index < -0.39 is 0 Å². The Morgan fingerprint density at radius 1 is 0.964 bits per heavy atom. The van der Waals surface area contributed by atoms with Crippen LogP contribution in [0.2, 0.25) is 5.02 Å². The molecule has 0 saturated carbocycles. The van der Waals surface area contributed by atoms with Crippen LogP contribution in [0.25, 0.3) is 5.57 Å². The molecule has 0 spiro atoms. The van der Waals surface area contributed by atoms with Gasteiger partial charge in [0.2, 0.25) is 0 Å². The van der Waals surface area contributed by atoms with E-state index in [1.807, 2.05) is 44.2 Å². The summed E-state index contributed by atoms with van der Waals surface area (Å²) < 4.78 is 0. The van der Waals surface area contributed by atoms with Crippen LogP contribution in [0, 0.1) is 13.8 Å². The highest BCUT2D eigenvalue weighted by molar-refractivity contribution is 6.36. The number of carbonyl (C=O) groups excluding carboxylic acids is 2. The van der Waals surface area contributed by atoms with Gasteiger partial charge in [-0.1, -0.05) is 53.6 Å². The Kier molecular flexibility index (Phi) is 4.98. The number of carbonyl (C=O) groups is 2. The Hall–Kier alpha value is -2.59. The van der Waals surface area contributed by atoms with Crippen molar-refractivity contribution in [3.8, 4) is 0 Å². The lowest BCUT2D eigenvalue weighted by molar-refractivity contribution is -0.138. The van der Waals surface area contributed by atoms with E-state index in [4.69, 9.17) is 11.6 Å². The van der Waals surface area contributed by atoms with Crippen molar-refractivity contribution in [2.75, 3.05) is 13.1 Å².